The van der Waals surface area contributed by atoms with Crippen LogP contribution < -0.4 is 10.1 Å². The van der Waals surface area contributed by atoms with Crippen molar-refractivity contribution in [2.45, 2.75) is 45.8 Å². The molecule has 1 aromatic carbocycles. The number of ether oxygens (including phenoxy) is 2. The van der Waals surface area contributed by atoms with E-state index >= 15 is 0 Å². The lowest BCUT2D eigenvalue weighted by Gasteiger charge is -2.19. The molecule has 1 heterocycles. The number of aliphatic hydroxyl groups is 1. The third kappa shape index (κ3) is 5.49. The number of rotatable bonds is 7. The third-order valence-electron chi connectivity index (χ3n) is 3.46. The van der Waals surface area contributed by atoms with Crippen molar-refractivity contribution in [2.24, 2.45) is 0 Å². The molecule has 1 atom stereocenters. The van der Waals surface area contributed by atoms with Crippen molar-refractivity contribution in [3.63, 3.8) is 0 Å². The van der Waals surface area contributed by atoms with Gasteiger partial charge in [-0.3, -0.25) is 0 Å². The molecular weight excluding hydrogens is 336 g/mol. The number of benzene rings is 1. The zero-order valence-electron chi connectivity index (χ0n) is 15.6. The number of aromatic nitrogens is 1. The summed E-state index contributed by atoms with van der Waals surface area (Å²) in [7, 11) is 0. The topological polar surface area (TPSA) is 93.8 Å². The third-order valence-corrected chi connectivity index (χ3v) is 3.46. The van der Waals surface area contributed by atoms with Crippen molar-refractivity contribution in [3.8, 4) is 17.2 Å². The molecule has 0 radical (unpaired) electrons. The van der Waals surface area contributed by atoms with Crippen LogP contribution in [0.3, 0.4) is 0 Å². The maximum absolute atomic E-state index is 11.6. The van der Waals surface area contributed by atoms with Gasteiger partial charge in [0.15, 0.2) is 5.76 Å². The monoisotopic (exact) mass is 362 g/mol. The van der Waals surface area contributed by atoms with Crippen LogP contribution in [0.5, 0.6) is 5.88 Å². The molecule has 1 amide bonds. The molecule has 0 fully saturated rings. The number of carbonyl (C=O) groups excluding carboxylic acids is 1. The molecule has 0 aliphatic heterocycles. The molecule has 1 unspecified atom stereocenters. The van der Waals surface area contributed by atoms with E-state index in [4.69, 9.17) is 14.0 Å². The number of alkyl carbamates (subject to hydrolysis) is 1. The smallest absolute Gasteiger partial charge is 0.407 e. The molecule has 2 rings (SSSR count). The highest BCUT2D eigenvalue weighted by molar-refractivity contribution is 5.67. The van der Waals surface area contributed by atoms with E-state index < -0.39 is 17.8 Å². The second-order valence-corrected chi connectivity index (χ2v) is 6.80. The average Bonchev–Trinajstić information content (AvgIpc) is 3.01. The van der Waals surface area contributed by atoms with Gasteiger partial charge in [-0.1, -0.05) is 37.3 Å². The Morgan fingerprint density at radius 1 is 1.31 bits per heavy atom. The first kappa shape index (κ1) is 19.8. The lowest BCUT2D eigenvalue weighted by atomic mass is 10.0. The summed E-state index contributed by atoms with van der Waals surface area (Å²) in [6, 6.07) is 9.41. The Kier molecular flexibility index (Phi) is 6.63. The van der Waals surface area contributed by atoms with Gasteiger partial charge >= 0.3 is 6.09 Å². The summed E-state index contributed by atoms with van der Waals surface area (Å²) >= 11 is 0. The van der Waals surface area contributed by atoms with Gasteiger partial charge in [-0.05, 0) is 32.3 Å². The van der Waals surface area contributed by atoms with E-state index in [9.17, 15) is 9.90 Å². The minimum atomic E-state index is -0.759. The quantitative estimate of drug-likeness (QED) is 0.730. The summed E-state index contributed by atoms with van der Waals surface area (Å²) in [5, 5.41) is 16.9. The summed E-state index contributed by atoms with van der Waals surface area (Å²) in [6.45, 7) is 7.65. The molecule has 2 aromatic rings. The number of amides is 1. The molecule has 26 heavy (non-hydrogen) atoms. The Morgan fingerprint density at radius 2 is 2.00 bits per heavy atom. The second-order valence-electron chi connectivity index (χ2n) is 6.80. The predicted octanol–water partition coefficient (Wildman–Crippen LogP) is 3.69. The lowest BCUT2D eigenvalue weighted by molar-refractivity contribution is 0.0519. The first-order valence-corrected chi connectivity index (χ1v) is 8.64. The number of aliphatic hydroxyl groups excluding tert-OH is 1. The molecular formula is C19H26N2O5. The van der Waals surface area contributed by atoms with E-state index in [1.54, 1.807) is 20.8 Å². The lowest BCUT2D eigenvalue weighted by Crippen LogP contribution is -2.34. The number of nitrogens with one attached hydrogen (secondary N) is 1. The van der Waals surface area contributed by atoms with Gasteiger partial charge in [-0.25, -0.2) is 4.79 Å². The van der Waals surface area contributed by atoms with E-state index in [0.717, 1.165) is 5.56 Å². The largest absolute Gasteiger partial charge is 0.473 e. The minimum Gasteiger partial charge on any atom is -0.473 e. The van der Waals surface area contributed by atoms with Gasteiger partial charge in [-0.15, -0.1) is 0 Å². The van der Waals surface area contributed by atoms with Crippen LogP contribution >= 0.6 is 0 Å². The summed E-state index contributed by atoms with van der Waals surface area (Å²) in [4.78, 5) is 11.6. The zero-order chi connectivity index (χ0) is 19.2. The molecule has 142 valence electrons. The second kappa shape index (κ2) is 8.71. The van der Waals surface area contributed by atoms with Gasteiger partial charge in [0, 0.05) is 5.56 Å². The van der Waals surface area contributed by atoms with E-state index in [-0.39, 0.29) is 19.0 Å². The Morgan fingerprint density at radius 3 is 2.62 bits per heavy atom. The van der Waals surface area contributed by atoms with Crippen LogP contribution in [0, 0.1) is 0 Å². The molecule has 0 aliphatic carbocycles. The van der Waals surface area contributed by atoms with Crippen LogP contribution in [0.15, 0.2) is 34.9 Å². The van der Waals surface area contributed by atoms with Gasteiger partial charge in [0.05, 0.1) is 18.2 Å². The summed E-state index contributed by atoms with van der Waals surface area (Å²) in [5.74, 6) is 0.708. The van der Waals surface area contributed by atoms with E-state index in [1.807, 2.05) is 37.3 Å². The van der Waals surface area contributed by atoms with Crippen molar-refractivity contribution in [3.05, 3.63) is 35.9 Å². The van der Waals surface area contributed by atoms with Gasteiger partial charge in [0.1, 0.15) is 12.2 Å². The van der Waals surface area contributed by atoms with Gasteiger partial charge < -0.3 is 24.4 Å². The molecule has 0 saturated carbocycles. The van der Waals surface area contributed by atoms with Crippen LogP contribution in [0.4, 0.5) is 4.79 Å². The molecule has 2 N–H and O–H groups in total. The normalized spacial score (nSPS) is 12.5. The molecule has 7 heteroatoms. The van der Waals surface area contributed by atoms with Crippen LogP contribution in [0.2, 0.25) is 0 Å². The number of carbonyl (C=O) groups is 1. The zero-order valence-corrected chi connectivity index (χ0v) is 15.6. The maximum atomic E-state index is 11.6. The van der Waals surface area contributed by atoms with Crippen LogP contribution in [-0.2, 0) is 4.74 Å². The Balaban J connectivity index is 2.01. The standard InChI is InChI=1S/C19H26N2O5/c1-5-14(22)15-16(13-9-7-6-8-10-13)26-21-17(15)24-12-11-20-18(23)25-19(2,3)4/h6-10,14,22H,5,11-12H2,1-4H3,(H,20,23). The highest BCUT2D eigenvalue weighted by atomic mass is 16.6. The summed E-state index contributed by atoms with van der Waals surface area (Å²) in [6.07, 6.45) is -0.779. The van der Waals surface area contributed by atoms with Gasteiger partial charge in [0.2, 0.25) is 0 Å². The molecule has 0 spiro atoms. The number of hydrogen-bond donors (Lipinski definition) is 2. The fourth-order valence-corrected chi connectivity index (χ4v) is 2.30. The minimum absolute atomic E-state index is 0.170. The van der Waals surface area contributed by atoms with E-state index in [0.29, 0.717) is 17.7 Å². The van der Waals surface area contributed by atoms with Crippen molar-refractivity contribution < 1.29 is 23.9 Å². The van der Waals surface area contributed by atoms with Crippen LogP contribution in [0.1, 0.15) is 45.8 Å². The molecule has 0 saturated heterocycles. The average molecular weight is 362 g/mol. The summed E-state index contributed by atoms with van der Waals surface area (Å²) < 4.78 is 16.2. The molecule has 0 bridgehead atoms. The van der Waals surface area contributed by atoms with Gasteiger partial charge in [-0.2, -0.15) is 0 Å². The van der Waals surface area contributed by atoms with Crippen molar-refractivity contribution in [1.82, 2.24) is 10.5 Å². The molecule has 1 aromatic heterocycles. The van der Waals surface area contributed by atoms with E-state index in [2.05, 4.69) is 10.5 Å². The SMILES string of the molecule is CCC(O)c1c(OCCNC(=O)OC(C)(C)C)noc1-c1ccccc1. The first-order chi connectivity index (χ1) is 12.3. The van der Waals surface area contributed by atoms with Crippen molar-refractivity contribution in [1.29, 1.82) is 0 Å². The van der Waals surface area contributed by atoms with Crippen molar-refractivity contribution in [2.75, 3.05) is 13.2 Å². The fourth-order valence-electron chi connectivity index (χ4n) is 2.30. The number of nitrogens with zero attached hydrogens (tertiary/aromatic N) is 1. The first-order valence-electron chi connectivity index (χ1n) is 8.64. The highest BCUT2D eigenvalue weighted by Crippen LogP contribution is 2.36. The Labute approximate surface area is 153 Å². The maximum Gasteiger partial charge on any atom is 0.407 e. The van der Waals surface area contributed by atoms with Crippen LogP contribution in [-0.4, -0.2) is 35.1 Å². The Bertz CT molecular complexity index is 706. The molecule has 0 aliphatic rings. The van der Waals surface area contributed by atoms with E-state index in [1.165, 1.54) is 0 Å². The number of hydrogen-bond acceptors (Lipinski definition) is 6. The Hall–Kier alpha value is -2.54. The van der Waals surface area contributed by atoms with Gasteiger partial charge in [0.25, 0.3) is 5.88 Å². The predicted molar refractivity (Wildman–Crippen MR) is 96.9 cm³/mol. The highest BCUT2D eigenvalue weighted by Gasteiger charge is 2.24. The van der Waals surface area contributed by atoms with Crippen molar-refractivity contribution >= 4 is 6.09 Å². The molecule has 7 nitrogen and oxygen atoms in total. The van der Waals surface area contributed by atoms with Crippen LogP contribution in [0.25, 0.3) is 11.3 Å². The summed E-state index contributed by atoms with van der Waals surface area (Å²) in [5.41, 5.74) is 0.764. The fraction of sp³-hybridized carbons (Fsp3) is 0.474.